The zero-order valence-electron chi connectivity index (χ0n) is 15.8. The summed E-state index contributed by atoms with van der Waals surface area (Å²) in [5, 5.41) is 16.2. The van der Waals surface area contributed by atoms with Crippen molar-refractivity contribution in [1.29, 1.82) is 0 Å². The van der Waals surface area contributed by atoms with Crippen LogP contribution in [0.4, 0.5) is 17.5 Å². The Bertz CT molecular complexity index is 866. The van der Waals surface area contributed by atoms with Crippen molar-refractivity contribution in [3.05, 3.63) is 60.3 Å². The molecule has 1 atom stereocenters. The van der Waals surface area contributed by atoms with E-state index in [1.165, 1.54) is 5.56 Å². The lowest BCUT2D eigenvalue weighted by Gasteiger charge is -2.20. The van der Waals surface area contributed by atoms with Gasteiger partial charge in [-0.2, -0.15) is 4.98 Å². The molecule has 3 rings (SSSR count). The van der Waals surface area contributed by atoms with E-state index in [4.69, 9.17) is 0 Å². The first-order valence-corrected chi connectivity index (χ1v) is 9.06. The predicted octanol–water partition coefficient (Wildman–Crippen LogP) is 4.02. The maximum Gasteiger partial charge on any atom is 0.225 e. The number of anilines is 3. The number of aryl methyl sites for hydroxylation is 1. The van der Waals surface area contributed by atoms with Gasteiger partial charge in [0, 0.05) is 18.0 Å². The molecular weight excluding hydrogens is 338 g/mol. The first kappa shape index (κ1) is 18.8. The van der Waals surface area contributed by atoms with Crippen LogP contribution in [0.1, 0.15) is 19.4 Å². The fourth-order valence-electron chi connectivity index (χ4n) is 2.60. The minimum absolute atomic E-state index is 0.00949. The van der Waals surface area contributed by atoms with Crippen LogP contribution in [-0.4, -0.2) is 32.7 Å². The number of benzene rings is 1. The van der Waals surface area contributed by atoms with Crippen LogP contribution in [0.5, 0.6) is 0 Å². The van der Waals surface area contributed by atoms with Gasteiger partial charge >= 0.3 is 0 Å². The van der Waals surface area contributed by atoms with Crippen molar-refractivity contribution in [2.45, 2.75) is 26.8 Å². The van der Waals surface area contributed by atoms with Gasteiger partial charge in [-0.05, 0) is 37.1 Å². The monoisotopic (exact) mass is 363 g/mol. The van der Waals surface area contributed by atoms with E-state index < -0.39 is 0 Å². The third kappa shape index (κ3) is 5.01. The Kier molecular flexibility index (Phi) is 5.98. The molecule has 140 valence electrons. The highest BCUT2D eigenvalue weighted by molar-refractivity contribution is 5.65. The fraction of sp³-hybridized carbons (Fsp3) is 0.286. The third-order valence-corrected chi connectivity index (χ3v) is 4.29. The Hall–Kier alpha value is -2.99. The molecule has 2 aromatic heterocycles. The molecular formula is C21H25N5O. The number of nitrogens with one attached hydrogen (secondary N) is 2. The largest absolute Gasteiger partial charge is 0.394 e. The molecule has 0 amide bonds. The van der Waals surface area contributed by atoms with Crippen molar-refractivity contribution in [3.8, 4) is 11.4 Å². The van der Waals surface area contributed by atoms with Gasteiger partial charge in [0.25, 0.3) is 0 Å². The van der Waals surface area contributed by atoms with Gasteiger partial charge in [-0.3, -0.25) is 4.98 Å². The number of aromatic nitrogens is 3. The van der Waals surface area contributed by atoms with Crippen molar-refractivity contribution in [2.24, 2.45) is 5.92 Å². The van der Waals surface area contributed by atoms with Gasteiger partial charge in [-0.1, -0.05) is 37.6 Å². The van der Waals surface area contributed by atoms with Gasteiger partial charge in [-0.15, -0.1) is 0 Å². The molecule has 6 nitrogen and oxygen atoms in total. The molecule has 0 aliphatic carbocycles. The number of aliphatic hydroxyl groups excluding tert-OH is 1. The summed E-state index contributed by atoms with van der Waals surface area (Å²) in [6.45, 7) is 6.15. The lowest BCUT2D eigenvalue weighted by atomic mass is 10.1. The van der Waals surface area contributed by atoms with E-state index in [-0.39, 0.29) is 18.6 Å². The quantitative estimate of drug-likeness (QED) is 0.588. The summed E-state index contributed by atoms with van der Waals surface area (Å²) in [5.74, 6) is 1.36. The number of rotatable bonds is 7. The van der Waals surface area contributed by atoms with Gasteiger partial charge in [0.15, 0.2) is 0 Å². The van der Waals surface area contributed by atoms with Crippen LogP contribution in [0, 0.1) is 12.8 Å². The van der Waals surface area contributed by atoms with Gasteiger partial charge in [-0.25, -0.2) is 4.98 Å². The molecule has 0 aliphatic rings. The summed E-state index contributed by atoms with van der Waals surface area (Å²) in [4.78, 5) is 13.6. The normalized spacial score (nSPS) is 12.0. The molecule has 0 saturated carbocycles. The highest BCUT2D eigenvalue weighted by atomic mass is 16.3. The maximum absolute atomic E-state index is 9.63. The number of aliphatic hydroxyl groups is 1. The van der Waals surface area contributed by atoms with Gasteiger partial charge in [0.2, 0.25) is 5.95 Å². The second-order valence-corrected chi connectivity index (χ2v) is 6.85. The molecule has 0 unspecified atom stereocenters. The molecule has 2 heterocycles. The Morgan fingerprint density at radius 3 is 2.41 bits per heavy atom. The van der Waals surface area contributed by atoms with Crippen molar-refractivity contribution in [3.63, 3.8) is 0 Å². The van der Waals surface area contributed by atoms with Crippen LogP contribution in [-0.2, 0) is 0 Å². The van der Waals surface area contributed by atoms with Gasteiger partial charge < -0.3 is 15.7 Å². The Balaban J connectivity index is 1.96. The zero-order valence-corrected chi connectivity index (χ0v) is 15.8. The molecule has 6 heteroatoms. The van der Waals surface area contributed by atoms with E-state index in [1.807, 2.05) is 62.4 Å². The first-order valence-electron chi connectivity index (χ1n) is 9.06. The number of nitrogens with zero attached hydrogens (tertiary/aromatic N) is 3. The molecule has 0 fully saturated rings. The maximum atomic E-state index is 9.63. The summed E-state index contributed by atoms with van der Waals surface area (Å²) in [6, 6.07) is 15.6. The third-order valence-electron chi connectivity index (χ3n) is 4.29. The van der Waals surface area contributed by atoms with E-state index in [2.05, 4.69) is 32.5 Å². The highest BCUT2D eigenvalue weighted by Gasteiger charge is 2.15. The van der Waals surface area contributed by atoms with Gasteiger partial charge in [0.1, 0.15) is 5.82 Å². The van der Waals surface area contributed by atoms with Crippen LogP contribution in [0.2, 0.25) is 0 Å². The molecule has 0 spiro atoms. The number of hydrogen-bond acceptors (Lipinski definition) is 6. The van der Waals surface area contributed by atoms with Crippen molar-refractivity contribution >= 4 is 17.5 Å². The molecule has 27 heavy (non-hydrogen) atoms. The molecule has 0 bridgehead atoms. The van der Waals surface area contributed by atoms with Crippen LogP contribution >= 0.6 is 0 Å². The summed E-state index contributed by atoms with van der Waals surface area (Å²) in [6.07, 6.45) is 1.74. The lowest BCUT2D eigenvalue weighted by Crippen LogP contribution is -2.30. The molecule has 0 aliphatic heterocycles. The molecule has 3 N–H and O–H groups in total. The van der Waals surface area contributed by atoms with Crippen LogP contribution < -0.4 is 10.6 Å². The van der Waals surface area contributed by atoms with Gasteiger partial charge in [0.05, 0.1) is 24.0 Å². The van der Waals surface area contributed by atoms with E-state index in [9.17, 15) is 5.11 Å². The molecule has 0 saturated heterocycles. The van der Waals surface area contributed by atoms with E-state index in [1.54, 1.807) is 6.20 Å². The number of pyridine rings is 1. The smallest absolute Gasteiger partial charge is 0.225 e. The molecule has 0 radical (unpaired) electrons. The zero-order chi connectivity index (χ0) is 19.2. The van der Waals surface area contributed by atoms with Crippen LogP contribution in [0.15, 0.2) is 54.7 Å². The van der Waals surface area contributed by atoms with Crippen molar-refractivity contribution < 1.29 is 5.11 Å². The second kappa shape index (κ2) is 8.60. The summed E-state index contributed by atoms with van der Waals surface area (Å²) in [7, 11) is 0. The van der Waals surface area contributed by atoms with Crippen molar-refractivity contribution in [1.82, 2.24) is 15.0 Å². The van der Waals surface area contributed by atoms with E-state index in [0.717, 1.165) is 11.4 Å². The second-order valence-electron chi connectivity index (χ2n) is 6.85. The topological polar surface area (TPSA) is 83.0 Å². The first-order chi connectivity index (χ1) is 13.0. The standard InChI is InChI=1S/C21H25N5O/c1-14(2)19(13-27)25-21-24-18(17-6-4-5-11-22-17)12-20(26-21)23-16-9-7-15(3)8-10-16/h4-12,14,19,27H,13H2,1-3H3,(H2,23,24,25,26)/t19-/m1/s1. The minimum Gasteiger partial charge on any atom is -0.394 e. The average molecular weight is 363 g/mol. The Morgan fingerprint density at radius 2 is 1.78 bits per heavy atom. The van der Waals surface area contributed by atoms with Crippen molar-refractivity contribution in [2.75, 3.05) is 17.2 Å². The van der Waals surface area contributed by atoms with Crippen LogP contribution in [0.3, 0.4) is 0 Å². The molecule has 3 aromatic rings. The summed E-state index contributed by atoms with van der Waals surface area (Å²) < 4.78 is 0. The Labute approximate surface area is 159 Å². The lowest BCUT2D eigenvalue weighted by molar-refractivity contribution is 0.248. The summed E-state index contributed by atoms with van der Waals surface area (Å²) >= 11 is 0. The Morgan fingerprint density at radius 1 is 1.00 bits per heavy atom. The summed E-state index contributed by atoms with van der Waals surface area (Å²) in [5.41, 5.74) is 3.62. The predicted molar refractivity (Wildman–Crippen MR) is 109 cm³/mol. The van der Waals surface area contributed by atoms with E-state index >= 15 is 0 Å². The SMILES string of the molecule is Cc1ccc(Nc2cc(-c3ccccn3)nc(N[C@H](CO)C(C)C)n2)cc1. The number of hydrogen-bond donors (Lipinski definition) is 3. The van der Waals surface area contributed by atoms with Crippen LogP contribution in [0.25, 0.3) is 11.4 Å². The molecule has 1 aromatic carbocycles. The highest BCUT2D eigenvalue weighted by Crippen LogP contribution is 2.23. The average Bonchev–Trinajstić information content (AvgIpc) is 2.68. The fourth-order valence-corrected chi connectivity index (χ4v) is 2.60. The van der Waals surface area contributed by atoms with E-state index in [0.29, 0.717) is 17.5 Å². The minimum atomic E-state index is -0.129.